The average molecular weight is 322 g/mol. The molecule has 6 N–H and O–H groups in total. The monoisotopic (exact) mass is 322 g/mol. The van der Waals surface area contributed by atoms with Crippen LogP contribution in [0.25, 0.3) is 12.3 Å². The second-order valence-corrected chi connectivity index (χ2v) is 3.45. The number of likely N-dealkylation sites (N-methyl/N-ethyl adjacent to an activating group) is 2. The Labute approximate surface area is 125 Å². The van der Waals surface area contributed by atoms with Crippen molar-refractivity contribution in [2.45, 2.75) is 13.8 Å². The van der Waals surface area contributed by atoms with Gasteiger partial charge in [-0.05, 0) is 27.2 Å². The molecular formula is C10H26FeN4O4+2. The molecule has 0 fully saturated rings. The molecule has 0 rings (SSSR count). The van der Waals surface area contributed by atoms with E-state index >= 15 is 0 Å². The predicted octanol–water partition coefficient (Wildman–Crippen LogP) is 1.48. The van der Waals surface area contributed by atoms with Crippen LogP contribution in [-0.2, 0) is 26.7 Å². The molecule has 0 radical (unpaired) electrons. The minimum Gasteiger partial charge on any atom is -0.693 e. The molecule has 0 bridgehead atoms. The minimum absolute atomic E-state index is 0. The number of nitrogens with zero attached hydrogens (tertiary/aromatic N) is 2. The van der Waals surface area contributed by atoms with E-state index in [-0.39, 0.29) is 42.5 Å². The van der Waals surface area contributed by atoms with E-state index in [1.54, 1.807) is 23.9 Å². The molecule has 0 aliphatic rings. The van der Waals surface area contributed by atoms with Gasteiger partial charge in [0.05, 0.1) is 13.1 Å². The fraction of sp³-hybridized carbons (Fsp3) is 0.800. The molecule has 0 aliphatic carbocycles. The maximum Gasteiger partial charge on any atom is 4.00 e. The van der Waals surface area contributed by atoms with Gasteiger partial charge in [0.1, 0.15) is 0 Å². The second-order valence-electron chi connectivity index (χ2n) is 3.45. The van der Waals surface area contributed by atoms with Crippen molar-refractivity contribution in [1.82, 2.24) is 9.80 Å². The van der Waals surface area contributed by atoms with Gasteiger partial charge in [0, 0.05) is 0 Å². The standard InChI is InChI=1S/2C5H11NO2.Fe.2H2N/c2*1-3-6(2)4-5(7)8;;;/h2*3-4H2,1-2H3,(H,7,8);;2*1H2/q;;+4;2*-1. The first kappa shape index (κ1) is 31.0. The quantitative estimate of drug-likeness (QED) is 0.707. The summed E-state index contributed by atoms with van der Waals surface area (Å²) >= 11 is 0. The number of carbonyl (C=O) groups is 2. The van der Waals surface area contributed by atoms with Gasteiger partial charge in [-0.1, -0.05) is 13.8 Å². The third-order valence-electron chi connectivity index (χ3n) is 1.89. The van der Waals surface area contributed by atoms with Crippen molar-refractivity contribution >= 4 is 11.9 Å². The molecular weight excluding hydrogens is 296 g/mol. The Morgan fingerprint density at radius 2 is 1.05 bits per heavy atom. The molecule has 0 aromatic rings. The Bertz CT molecular complexity index is 198. The van der Waals surface area contributed by atoms with E-state index in [2.05, 4.69) is 0 Å². The molecule has 116 valence electrons. The van der Waals surface area contributed by atoms with Crippen molar-refractivity contribution in [2.24, 2.45) is 0 Å². The summed E-state index contributed by atoms with van der Waals surface area (Å²) in [5, 5.41) is 16.3. The van der Waals surface area contributed by atoms with Crippen LogP contribution in [0.5, 0.6) is 0 Å². The zero-order valence-electron chi connectivity index (χ0n) is 11.9. The van der Waals surface area contributed by atoms with Gasteiger partial charge >= 0.3 is 29.0 Å². The van der Waals surface area contributed by atoms with Crippen molar-refractivity contribution in [3.8, 4) is 0 Å². The van der Waals surface area contributed by atoms with Gasteiger partial charge in [0.25, 0.3) is 0 Å². The molecule has 0 aromatic carbocycles. The van der Waals surface area contributed by atoms with Crippen molar-refractivity contribution < 1.29 is 36.9 Å². The number of hydrogen-bond acceptors (Lipinski definition) is 4. The largest absolute Gasteiger partial charge is 4.00 e. The molecule has 8 nitrogen and oxygen atoms in total. The molecule has 9 heteroatoms. The average Bonchev–Trinajstić information content (AvgIpc) is 2.16. The number of carboxylic acids is 2. The Hall–Kier alpha value is -0.701. The fourth-order valence-electron chi connectivity index (χ4n) is 0.685. The predicted molar refractivity (Wildman–Crippen MR) is 72.2 cm³/mol. The summed E-state index contributed by atoms with van der Waals surface area (Å²) < 4.78 is 0. The maximum atomic E-state index is 9.93. The number of hydrogen-bond donors (Lipinski definition) is 2. The molecule has 0 saturated carbocycles. The third-order valence-corrected chi connectivity index (χ3v) is 1.89. The van der Waals surface area contributed by atoms with Crippen molar-refractivity contribution in [3.05, 3.63) is 12.3 Å². The number of aliphatic carboxylic acids is 2. The van der Waals surface area contributed by atoms with Gasteiger partial charge < -0.3 is 22.5 Å². The first-order valence-electron chi connectivity index (χ1n) is 5.14. The van der Waals surface area contributed by atoms with E-state index in [1.807, 2.05) is 13.8 Å². The van der Waals surface area contributed by atoms with Gasteiger partial charge in [0.15, 0.2) is 0 Å². The van der Waals surface area contributed by atoms with Gasteiger partial charge in [-0.3, -0.25) is 19.4 Å². The summed E-state index contributed by atoms with van der Waals surface area (Å²) in [7, 11) is 3.54. The Morgan fingerprint density at radius 1 is 0.842 bits per heavy atom. The zero-order valence-corrected chi connectivity index (χ0v) is 13.0. The van der Waals surface area contributed by atoms with Crippen LogP contribution >= 0.6 is 0 Å². The van der Waals surface area contributed by atoms with Crippen LogP contribution in [0.4, 0.5) is 0 Å². The summed E-state index contributed by atoms with van der Waals surface area (Å²) in [5.74, 6) is -1.54. The van der Waals surface area contributed by atoms with E-state index in [1.165, 1.54) is 0 Å². The van der Waals surface area contributed by atoms with Crippen molar-refractivity contribution in [1.29, 1.82) is 0 Å². The summed E-state index contributed by atoms with van der Waals surface area (Å²) in [6.45, 7) is 5.68. The van der Waals surface area contributed by atoms with E-state index in [0.717, 1.165) is 13.1 Å². The first-order chi connectivity index (χ1) is 7.33. The Kier molecular flexibility index (Phi) is 32.0. The van der Waals surface area contributed by atoms with E-state index < -0.39 is 11.9 Å². The van der Waals surface area contributed by atoms with E-state index in [9.17, 15) is 9.59 Å². The number of nitrogens with two attached hydrogens (primary N) is 2. The summed E-state index contributed by atoms with van der Waals surface area (Å²) in [6.07, 6.45) is 0. The molecule has 0 atom stereocenters. The van der Waals surface area contributed by atoms with Gasteiger partial charge in [0.2, 0.25) is 0 Å². The van der Waals surface area contributed by atoms with Crippen LogP contribution in [0, 0.1) is 0 Å². The van der Waals surface area contributed by atoms with Gasteiger partial charge in [-0.25, -0.2) is 0 Å². The SMILES string of the molecule is CCN(C)CC(=O)O.CCN(C)CC(=O)O.[Fe+4].[NH2-].[NH2-]. The first-order valence-corrected chi connectivity index (χ1v) is 5.14. The summed E-state index contributed by atoms with van der Waals surface area (Å²) in [4.78, 5) is 23.3. The normalized spacial score (nSPS) is 8.32. The third kappa shape index (κ3) is 31.7. The molecule has 0 heterocycles. The van der Waals surface area contributed by atoms with Crippen molar-refractivity contribution in [3.63, 3.8) is 0 Å². The number of rotatable bonds is 6. The maximum absolute atomic E-state index is 9.93. The number of carboxylic acid groups (broad SMARTS) is 2. The molecule has 0 amide bonds. The molecule has 19 heavy (non-hydrogen) atoms. The van der Waals surface area contributed by atoms with Crippen LogP contribution < -0.4 is 0 Å². The topological polar surface area (TPSA) is 148 Å². The molecule has 0 spiro atoms. The zero-order chi connectivity index (χ0) is 13.1. The van der Waals surface area contributed by atoms with Crippen molar-refractivity contribution in [2.75, 3.05) is 40.3 Å². The molecule has 0 aromatic heterocycles. The van der Waals surface area contributed by atoms with E-state index in [4.69, 9.17) is 10.2 Å². The summed E-state index contributed by atoms with van der Waals surface area (Å²) in [5.41, 5.74) is 0. The van der Waals surface area contributed by atoms with Crippen LogP contribution in [0.15, 0.2) is 0 Å². The van der Waals surface area contributed by atoms with Gasteiger partial charge in [-0.15, -0.1) is 0 Å². The molecule has 0 unspecified atom stereocenters. The van der Waals surface area contributed by atoms with Crippen LogP contribution in [0.2, 0.25) is 0 Å². The molecule has 0 saturated heterocycles. The van der Waals surface area contributed by atoms with Crippen LogP contribution in [0.3, 0.4) is 0 Å². The smallest absolute Gasteiger partial charge is 0.693 e. The molecule has 0 aliphatic heterocycles. The van der Waals surface area contributed by atoms with E-state index in [0.29, 0.717) is 0 Å². The van der Waals surface area contributed by atoms with Crippen LogP contribution in [-0.4, -0.2) is 72.2 Å². The van der Waals surface area contributed by atoms with Gasteiger partial charge in [-0.2, -0.15) is 0 Å². The minimum atomic E-state index is -0.769. The van der Waals surface area contributed by atoms with Crippen LogP contribution in [0.1, 0.15) is 13.8 Å². The Balaban J connectivity index is -0.0000000594. The second kappa shape index (κ2) is 19.6. The Morgan fingerprint density at radius 3 is 1.11 bits per heavy atom. The summed E-state index contributed by atoms with van der Waals surface area (Å²) in [6, 6.07) is 0. The fourth-order valence-corrected chi connectivity index (χ4v) is 0.685.